The van der Waals surface area contributed by atoms with Gasteiger partial charge in [0.15, 0.2) is 5.69 Å². The molecular weight excluding hydrogens is 352 g/mol. The lowest BCUT2D eigenvalue weighted by molar-refractivity contribution is 0.0740. The fourth-order valence-corrected chi connectivity index (χ4v) is 3.29. The first-order valence-electron chi connectivity index (χ1n) is 8.36. The molecule has 4 rings (SSSR count). The molecule has 0 N–H and O–H groups in total. The van der Waals surface area contributed by atoms with Gasteiger partial charge in [0.2, 0.25) is 0 Å². The smallest absolute Gasteiger partial charge is 0.274 e. The number of nitrogens with zero attached hydrogens (tertiary/aromatic N) is 6. The molecule has 132 valence electrons. The normalized spacial score (nSPS) is 14.7. The number of aryl methyl sites for hydroxylation is 1. The standard InChI is InChI=1S/C18H17ClN6O/c1-12-20-10-14(19)16(23-12)18(26)25-8-6-24(7-9-25)17-13-4-2-3-5-15(13)21-11-22-17/h2-5,10-11H,6-9H2,1H3. The van der Waals surface area contributed by atoms with E-state index in [0.29, 0.717) is 32.0 Å². The first-order valence-corrected chi connectivity index (χ1v) is 8.74. The average molecular weight is 369 g/mol. The third-order valence-corrected chi connectivity index (χ3v) is 4.73. The van der Waals surface area contributed by atoms with Crippen LogP contribution in [0.25, 0.3) is 10.9 Å². The molecule has 0 spiro atoms. The number of amides is 1. The fraction of sp³-hybridized carbons (Fsp3) is 0.278. The highest BCUT2D eigenvalue weighted by atomic mass is 35.5. The zero-order valence-electron chi connectivity index (χ0n) is 14.3. The number of carbonyl (C=O) groups excluding carboxylic acids is 1. The molecule has 7 nitrogen and oxygen atoms in total. The van der Waals surface area contributed by atoms with Crippen LogP contribution in [0.5, 0.6) is 0 Å². The maximum absolute atomic E-state index is 12.7. The molecule has 0 saturated carbocycles. The van der Waals surface area contributed by atoms with Crippen LogP contribution in [0.4, 0.5) is 5.82 Å². The van der Waals surface area contributed by atoms with Crippen LogP contribution < -0.4 is 4.90 Å². The van der Waals surface area contributed by atoms with Gasteiger partial charge in [0.25, 0.3) is 5.91 Å². The molecule has 1 aliphatic heterocycles. The number of anilines is 1. The lowest BCUT2D eigenvalue weighted by Crippen LogP contribution is -2.49. The number of fused-ring (bicyclic) bond motifs is 1. The van der Waals surface area contributed by atoms with Crippen molar-refractivity contribution in [1.29, 1.82) is 0 Å². The summed E-state index contributed by atoms with van der Waals surface area (Å²) in [6.07, 6.45) is 3.05. The Bertz CT molecular complexity index is 966. The SMILES string of the molecule is Cc1ncc(Cl)c(C(=O)N2CCN(c3ncnc4ccccc34)CC2)n1. The zero-order chi connectivity index (χ0) is 18.1. The lowest BCUT2D eigenvalue weighted by atomic mass is 10.2. The summed E-state index contributed by atoms with van der Waals surface area (Å²) in [5.74, 6) is 1.27. The van der Waals surface area contributed by atoms with E-state index < -0.39 is 0 Å². The first kappa shape index (κ1) is 16.7. The third kappa shape index (κ3) is 3.06. The van der Waals surface area contributed by atoms with Crippen molar-refractivity contribution in [2.75, 3.05) is 31.1 Å². The molecule has 26 heavy (non-hydrogen) atoms. The van der Waals surface area contributed by atoms with Crippen LogP contribution in [-0.2, 0) is 0 Å². The summed E-state index contributed by atoms with van der Waals surface area (Å²) < 4.78 is 0. The molecule has 0 radical (unpaired) electrons. The molecule has 0 aliphatic carbocycles. The van der Waals surface area contributed by atoms with Gasteiger partial charge in [-0.25, -0.2) is 19.9 Å². The van der Waals surface area contributed by atoms with Crippen LogP contribution in [0.3, 0.4) is 0 Å². The van der Waals surface area contributed by atoms with Crippen LogP contribution in [0, 0.1) is 6.92 Å². The lowest BCUT2D eigenvalue weighted by Gasteiger charge is -2.35. The largest absolute Gasteiger partial charge is 0.352 e. The molecule has 1 aromatic carbocycles. The van der Waals surface area contributed by atoms with Gasteiger partial charge in [-0.1, -0.05) is 23.7 Å². The third-order valence-electron chi connectivity index (χ3n) is 4.46. The van der Waals surface area contributed by atoms with Crippen LogP contribution in [0.2, 0.25) is 5.02 Å². The molecule has 3 heterocycles. The number of para-hydroxylation sites is 1. The van der Waals surface area contributed by atoms with Gasteiger partial charge < -0.3 is 9.80 Å². The minimum Gasteiger partial charge on any atom is -0.352 e. The minimum atomic E-state index is -0.160. The summed E-state index contributed by atoms with van der Waals surface area (Å²) in [6, 6.07) is 7.93. The van der Waals surface area contributed by atoms with E-state index in [1.54, 1.807) is 18.2 Å². The van der Waals surface area contributed by atoms with Crippen molar-refractivity contribution in [1.82, 2.24) is 24.8 Å². The summed E-state index contributed by atoms with van der Waals surface area (Å²) in [4.78, 5) is 33.7. The number of piperazine rings is 1. The summed E-state index contributed by atoms with van der Waals surface area (Å²) in [7, 11) is 0. The topological polar surface area (TPSA) is 75.1 Å². The van der Waals surface area contributed by atoms with Crippen LogP contribution >= 0.6 is 11.6 Å². The molecule has 1 amide bonds. The Labute approximate surface area is 155 Å². The monoisotopic (exact) mass is 368 g/mol. The van der Waals surface area contributed by atoms with Crippen molar-refractivity contribution in [2.24, 2.45) is 0 Å². The van der Waals surface area contributed by atoms with Crippen molar-refractivity contribution in [3.05, 3.63) is 53.3 Å². The molecule has 0 atom stereocenters. The number of hydrogen-bond donors (Lipinski definition) is 0. The second-order valence-electron chi connectivity index (χ2n) is 6.11. The number of aromatic nitrogens is 4. The molecule has 8 heteroatoms. The molecule has 0 bridgehead atoms. The number of hydrogen-bond acceptors (Lipinski definition) is 6. The van der Waals surface area contributed by atoms with E-state index in [-0.39, 0.29) is 16.6 Å². The van der Waals surface area contributed by atoms with Gasteiger partial charge in [0.05, 0.1) is 16.7 Å². The zero-order valence-corrected chi connectivity index (χ0v) is 15.0. The Morgan fingerprint density at radius 3 is 2.65 bits per heavy atom. The van der Waals surface area contributed by atoms with Crippen LogP contribution in [0.15, 0.2) is 36.8 Å². The van der Waals surface area contributed by atoms with Crippen molar-refractivity contribution in [3.8, 4) is 0 Å². The molecular formula is C18H17ClN6O. The number of carbonyl (C=O) groups is 1. The molecule has 3 aromatic rings. The van der Waals surface area contributed by atoms with E-state index in [4.69, 9.17) is 11.6 Å². The van der Waals surface area contributed by atoms with Gasteiger partial charge in [-0.15, -0.1) is 0 Å². The number of rotatable bonds is 2. The van der Waals surface area contributed by atoms with Gasteiger partial charge in [-0.3, -0.25) is 4.79 Å². The van der Waals surface area contributed by atoms with Crippen LogP contribution in [0.1, 0.15) is 16.3 Å². The van der Waals surface area contributed by atoms with E-state index in [0.717, 1.165) is 16.7 Å². The van der Waals surface area contributed by atoms with E-state index in [1.807, 2.05) is 24.3 Å². The predicted molar refractivity (Wildman–Crippen MR) is 99.4 cm³/mol. The van der Waals surface area contributed by atoms with E-state index >= 15 is 0 Å². The molecule has 1 fully saturated rings. The first-order chi connectivity index (χ1) is 12.6. The minimum absolute atomic E-state index is 0.160. The summed E-state index contributed by atoms with van der Waals surface area (Å²) in [5, 5.41) is 1.30. The molecule has 2 aromatic heterocycles. The molecule has 0 unspecified atom stereocenters. The van der Waals surface area contributed by atoms with Crippen molar-refractivity contribution in [3.63, 3.8) is 0 Å². The van der Waals surface area contributed by atoms with E-state index in [1.165, 1.54) is 6.20 Å². The average Bonchev–Trinajstić information content (AvgIpc) is 2.69. The maximum atomic E-state index is 12.7. The highest BCUT2D eigenvalue weighted by Gasteiger charge is 2.26. The van der Waals surface area contributed by atoms with Gasteiger partial charge >= 0.3 is 0 Å². The summed E-state index contributed by atoms with van der Waals surface area (Å²) in [5.41, 5.74) is 1.18. The highest BCUT2D eigenvalue weighted by Crippen LogP contribution is 2.24. The Balaban J connectivity index is 1.52. The molecule has 1 saturated heterocycles. The summed E-state index contributed by atoms with van der Waals surface area (Å²) in [6.45, 7) is 4.28. The van der Waals surface area contributed by atoms with Crippen molar-refractivity contribution >= 4 is 34.2 Å². The van der Waals surface area contributed by atoms with Gasteiger partial charge in [-0.05, 0) is 19.1 Å². The fourth-order valence-electron chi connectivity index (χ4n) is 3.12. The highest BCUT2D eigenvalue weighted by molar-refractivity contribution is 6.33. The Morgan fingerprint density at radius 2 is 1.85 bits per heavy atom. The van der Waals surface area contributed by atoms with Gasteiger partial charge in [0, 0.05) is 31.6 Å². The second kappa shape index (κ2) is 6.84. The van der Waals surface area contributed by atoms with Gasteiger partial charge in [-0.2, -0.15) is 0 Å². The number of benzene rings is 1. The quantitative estimate of drug-likeness (QED) is 0.691. The molecule has 1 aliphatic rings. The second-order valence-corrected chi connectivity index (χ2v) is 6.51. The van der Waals surface area contributed by atoms with Crippen molar-refractivity contribution in [2.45, 2.75) is 6.92 Å². The Morgan fingerprint density at radius 1 is 1.08 bits per heavy atom. The summed E-state index contributed by atoms with van der Waals surface area (Å²) >= 11 is 6.10. The Kier molecular flexibility index (Phi) is 4.38. The maximum Gasteiger partial charge on any atom is 0.274 e. The van der Waals surface area contributed by atoms with Crippen molar-refractivity contribution < 1.29 is 4.79 Å². The Hall–Kier alpha value is -2.80. The predicted octanol–water partition coefficient (Wildman–Crippen LogP) is 2.34. The van der Waals surface area contributed by atoms with Crippen LogP contribution in [-0.4, -0.2) is 56.9 Å². The van der Waals surface area contributed by atoms with E-state index in [2.05, 4.69) is 24.8 Å². The van der Waals surface area contributed by atoms with E-state index in [9.17, 15) is 4.79 Å². The van der Waals surface area contributed by atoms with Gasteiger partial charge in [0.1, 0.15) is 18.0 Å². The number of halogens is 1.